The first-order valence-corrected chi connectivity index (χ1v) is 4.21. The molecule has 2 heteroatoms. The lowest BCUT2D eigenvalue weighted by atomic mass is 11.9. The summed E-state index contributed by atoms with van der Waals surface area (Å²) in [6, 6.07) is 0. The molecule has 0 bridgehead atoms. The monoisotopic (exact) mass is 92.0 g/mol. The third-order valence-electron chi connectivity index (χ3n) is 0.289. The van der Waals surface area contributed by atoms with Crippen LogP contribution in [0.25, 0.3) is 0 Å². The number of hydrogen-bond donors (Lipinski definition) is 0. The Morgan fingerprint density at radius 3 is 2.25 bits per heavy atom. The minimum absolute atomic E-state index is 1.35. The first-order chi connectivity index (χ1) is 1.91. The molecule has 0 aromatic carbocycles. The van der Waals surface area contributed by atoms with Crippen LogP contribution in [0.3, 0.4) is 0 Å². The van der Waals surface area contributed by atoms with Gasteiger partial charge < -0.3 is 0 Å². The number of hydrogen-bond acceptors (Lipinski definition) is 1. The highest BCUT2D eigenvalue weighted by atomic mass is 32.2. The molecule has 26 valence electrons. The molecule has 0 aromatic rings. The maximum Gasteiger partial charge on any atom is 0.0153 e. The van der Waals surface area contributed by atoms with Crippen molar-refractivity contribution >= 4 is 22.0 Å². The molecule has 0 saturated heterocycles. The van der Waals surface area contributed by atoms with Crippen LogP contribution in [0.1, 0.15) is 0 Å². The van der Waals surface area contributed by atoms with Crippen molar-refractivity contribution in [1.29, 1.82) is 0 Å². The summed E-state index contributed by atoms with van der Waals surface area (Å²) in [6.07, 6.45) is 2.13. The molecule has 0 aliphatic carbocycles. The average Bonchev–Trinajstić information content (AvgIpc) is 1.37. The predicted octanol–water partition coefficient (Wildman–Crippen LogP) is -0.328. The lowest BCUT2D eigenvalue weighted by Gasteiger charge is -1.69. The van der Waals surface area contributed by atoms with Crippen molar-refractivity contribution in [1.82, 2.24) is 0 Å². The summed E-state index contributed by atoms with van der Waals surface area (Å²) in [5.41, 5.74) is 0. The molecule has 0 aromatic heterocycles. The molecule has 0 heterocycles. The number of thioether (sulfide) groups is 1. The molecule has 0 rings (SSSR count). The SMILES string of the molecule is CSC[SiH3]. The van der Waals surface area contributed by atoms with E-state index < -0.39 is 0 Å². The van der Waals surface area contributed by atoms with Gasteiger partial charge in [0, 0.05) is 10.2 Å². The summed E-state index contributed by atoms with van der Waals surface area (Å²) in [4.78, 5) is 0. The van der Waals surface area contributed by atoms with Crippen LogP contribution in [0.4, 0.5) is 0 Å². The zero-order valence-electron chi connectivity index (χ0n) is 3.12. The van der Waals surface area contributed by atoms with E-state index in [2.05, 4.69) is 6.26 Å². The van der Waals surface area contributed by atoms with Gasteiger partial charge in [0.25, 0.3) is 0 Å². The Morgan fingerprint density at radius 1 is 2.00 bits per heavy atom. The third-order valence-corrected chi connectivity index (χ3v) is 2.60. The van der Waals surface area contributed by atoms with Crippen molar-refractivity contribution in [2.45, 2.75) is 0 Å². The van der Waals surface area contributed by atoms with Gasteiger partial charge in [0.05, 0.1) is 0 Å². The van der Waals surface area contributed by atoms with E-state index in [9.17, 15) is 0 Å². The van der Waals surface area contributed by atoms with E-state index >= 15 is 0 Å². The smallest absolute Gasteiger partial charge is 0.0153 e. The van der Waals surface area contributed by atoms with Gasteiger partial charge in [0.15, 0.2) is 0 Å². The van der Waals surface area contributed by atoms with Crippen molar-refractivity contribution in [3.8, 4) is 0 Å². The molecule has 0 N–H and O–H groups in total. The summed E-state index contributed by atoms with van der Waals surface area (Å²) in [7, 11) is 1.35. The van der Waals surface area contributed by atoms with Crippen molar-refractivity contribution in [2.75, 3.05) is 11.6 Å². The maximum atomic E-state index is 2.13. The van der Waals surface area contributed by atoms with Crippen molar-refractivity contribution in [3.63, 3.8) is 0 Å². The van der Waals surface area contributed by atoms with Crippen LogP contribution >= 0.6 is 11.8 Å². The Bertz CT molecular complexity index is 8.00. The second-order valence-corrected chi connectivity index (χ2v) is 3.46. The van der Waals surface area contributed by atoms with Crippen LogP contribution in [0.2, 0.25) is 0 Å². The van der Waals surface area contributed by atoms with Crippen molar-refractivity contribution in [3.05, 3.63) is 0 Å². The van der Waals surface area contributed by atoms with Gasteiger partial charge in [-0.25, -0.2) is 0 Å². The van der Waals surface area contributed by atoms with Crippen molar-refractivity contribution < 1.29 is 0 Å². The lowest BCUT2D eigenvalue weighted by Crippen LogP contribution is -1.63. The van der Waals surface area contributed by atoms with Crippen molar-refractivity contribution in [2.24, 2.45) is 0 Å². The number of rotatable bonds is 1. The van der Waals surface area contributed by atoms with Gasteiger partial charge in [0.1, 0.15) is 0 Å². The Kier molecular flexibility index (Phi) is 4.07. The van der Waals surface area contributed by atoms with Gasteiger partial charge in [-0.3, -0.25) is 0 Å². The van der Waals surface area contributed by atoms with E-state index in [1.165, 1.54) is 15.6 Å². The molecule has 0 aliphatic rings. The summed E-state index contributed by atoms with van der Waals surface area (Å²) < 4.78 is 0. The fourth-order valence-electron chi connectivity index (χ4n) is 0. The van der Waals surface area contributed by atoms with Crippen LogP contribution in [0.15, 0.2) is 0 Å². The molecule has 0 fully saturated rings. The summed E-state index contributed by atoms with van der Waals surface area (Å²) in [6.45, 7) is 0. The molecule has 0 nitrogen and oxygen atoms in total. The molecular formula is C2H8SSi. The zero-order chi connectivity index (χ0) is 3.41. The molecule has 0 aliphatic heterocycles. The Labute approximate surface area is 34.4 Å². The standard InChI is InChI=1S/C2H8SSi/c1-3-2-4/h2H2,1,4H3. The summed E-state index contributed by atoms with van der Waals surface area (Å²) in [5, 5.41) is 1.38. The van der Waals surface area contributed by atoms with Crippen LogP contribution < -0.4 is 0 Å². The Morgan fingerprint density at radius 2 is 2.25 bits per heavy atom. The molecule has 0 radical (unpaired) electrons. The van der Waals surface area contributed by atoms with Crippen LogP contribution in [0.5, 0.6) is 0 Å². The highest BCUT2D eigenvalue weighted by Gasteiger charge is 1.55. The Hall–Kier alpha value is 0.567. The normalized spacial score (nSPS) is 8.25. The van der Waals surface area contributed by atoms with Gasteiger partial charge in [-0.15, -0.1) is 0 Å². The first kappa shape index (κ1) is 4.57. The second-order valence-electron chi connectivity index (χ2n) is 0.577. The van der Waals surface area contributed by atoms with E-state index in [4.69, 9.17) is 0 Å². The van der Waals surface area contributed by atoms with Gasteiger partial charge in [-0.05, 0) is 11.6 Å². The molecular weight excluding hydrogens is 84.2 g/mol. The van der Waals surface area contributed by atoms with Gasteiger partial charge >= 0.3 is 0 Å². The summed E-state index contributed by atoms with van der Waals surface area (Å²) >= 11 is 1.92. The molecule has 0 atom stereocenters. The molecule has 0 spiro atoms. The van der Waals surface area contributed by atoms with E-state index in [-0.39, 0.29) is 0 Å². The fourth-order valence-corrected chi connectivity index (χ4v) is 0. The third kappa shape index (κ3) is 2.57. The van der Waals surface area contributed by atoms with Gasteiger partial charge in [-0.2, -0.15) is 11.8 Å². The van der Waals surface area contributed by atoms with E-state index in [0.717, 1.165) is 0 Å². The Balaban J connectivity index is 1.97. The van der Waals surface area contributed by atoms with E-state index in [1.807, 2.05) is 11.8 Å². The van der Waals surface area contributed by atoms with E-state index in [1.54, 1.807) is 0 Å². The van der Waals surface area contributed by atoms with Gasteiger partial charge in [0.2, 0.25) is 0 Å². The minimum atomic E-state index is 1.35. The second kappa shape index (κ2) is 3.57. The summed E-state index contributed by atoms with van der Waals surface area (Å²) in [5.74, 6) is 0. The average molecular weight is 92.2 g/mol. The fraction of sp³-hybridized carbons (Fsp3) is 1.00. The zero-order valence-corrected chi connectivity index (χ0v) is 5.93. The molecule has 0 amide bonds. The maximum absolute atomic E-state index is 2.13. The van der Waals surface area contributed by atoms with E-state index in [0.29, 0.717) is 0 Å². The highest BCUT2D eigenvalue weighted by molar-refractivity contribution is 7.99. The molecule has 0 unspecified atom stereocenters. The van der Waals surface area contributed by atoms with Crippen LogP contribution in [-0.4, -0.2) is 21.9 Å². The quantitative estimate of drug-likeness (QED) is 0.399. The first-order valence-electron chi connectivity index (χ1n) is 1.40. The predicted molar refractivity (Wildman–Crippen MR) is 28.3 cm³/mol. The topological polar surface area (TPSA) is 0 Å². The molecule has 4 heavy (non-hydrogen) atoms. The van der Waals surface area contributed by atoms with Crippen LogP contribution in [0, 0.1) is 0 Å². The molecule has 0 saturated carbocycles. The van der Waals surface area contributed by atoms with Gasteiger partial charge in [-0.1, -0.05) is 0 Å². The highest BCUT2D eigenvalue weighted by Crippen LogP contribution is 1.80. The lowest BCUT2D eigenvalue weighted by molar-refractivity contribution is 2.20. The van der Waals surface area contributed by atoms with Crippen LogP contribution in [-0.2, 0) is 0 Å². The largest absolute Gasteiger partial charge is 0.170 e. The minimum Gasteiger partial charge on any atom is -0.170 e.